The van der Waals surface area contributed by atoms with Gasteiger partial charge in [0.1, 0.15) is 19.3 Å². The van der Waals surface area contributed by atoms with Crippen LogP contribution in [0.25, 0.3) is 0 Å². The molecular weight excluding hydrogens is 1220 g/mol. The Bertz CT molecular complexity index is 1910. The van der Waals surface area contributed by atoms with Crippen LogP contribution in [0.2, 0.25) is 0 Å². The highest BCUT2D eigenvalue weighted by atomic mass is 31.2. The molecule has 93 heavy (non-hydrogen) atoms. The summed E-state index contributed by atoms with van der Waals surface area (Å²) in [6.07, 6.45) is 52.1. The van der Waals surface area contributed by atoms with E-state index in [1.54, 1.807) is 0 Å². The number of allylic oxidation sites excluding steroid dienone is 4. The summed E-state index contributed by atoms with van der Waals surface area (Å²) in [4.78, 5) is 72.7. The molecule has 0 fully saturated rings. The fourth-order valence-electron chi connectivity index (χ4n) is 10.7. The molecule has 3 unspecified atom stereocenters. The van der Waals surface area contributed by atoms with Crippen LogP contribution in [0.1, 0.15) is 350 Å². The van der Waals surface area contributed by atoms with Gasteiger partial charge in [-0.3, -0.25) is 37.3 Å². The molecule has 0 aliphatic rings. The third kappa shape index (κ3) is 66.6. The summed E-state index contributed by atoms with van der Waals surface area (Å²) in [5, 5.41) is 10.6. The van der Waals surface area contributed by atoms with Gasteiger partial charge in [0.05, 0.1) is 26.4 Å². The van der Waals surface area contributed by atoms with Crippen molar-refractivity contribution in [3.63, 3.8) is 0 Å². The molecule has 0 aromatic rings. The molecule has 0 aliphatic heterocycles. The van der Waals surface area contributed by atoms with Gasteiger partial charge in [-0.25, -0.2) is 9.13 Å². The highest BCUT2D eigenvalue weighted by Gasteiger charge is 2.30. The van der Waals surface area contributed by atoms with E-state index in [0.29, 0.717) is 25.7 Å². The van der Waals surface area contributed by atoms with Crippen molar-refractivity contribution in [2.24, 2.45) is 17.8 Å². The van der Waals surface area contributed by atoms with Crippen LogP contribution < -0.4 is 0 Å². The lowest BCUT2D eigenvalue weighted by Crippen LogP contribution is -2.30. The summed E-state index contributed by atoms with van der Waals surface area (Å²) >= 11 is 0. The van der Waals surface area contributed by atoms with E-state index in [4.69, 9.17) is 37.0 Å². The van der Waals surface area contributed by atoms with E-state index in [2.05, 4.69) is 72.8 Å². The van der Waals surface area contributed by atoms with Crippen molar-refractivity contribution in [2.75, 3.05) is 39.6 Å². The Balaban J connectivity index is 5.30. The van der Waals surface area contributed by atoms with Crippen molar-refractivity contribution in [3.8, 4) is 0 Å². The summed E-state index contributed by atoms with van der Waals surface area (Å²) in [5.41, 5.74) is 0. The average molecular weight is 1360 g/mol. The Morgan fingerprint density at radius 1 is 0.355 bits per heavy atom. The number of unbranched alkanes of at least 4 members (excludes halogenated alkanes) is 34. The highest BCUT2D eigenvalue weighted by Crippen LogP contribution is 2.45. The van der Waals surface area contributed by atoms with Gasteiger partial charge in [0.2, 0.25) is 0 Å². The van der Waals surface area contributed by atoms with E-state index >= 15 is 0 Å². The zero-order valence-corrected chi connectivity index (χ0v) is 62.0. The predicted molar refractivity (Wildman–Crippen MR) is 377 cm³/mol. The first-order valence-electron chi connectivity index (χ1n) is 37.7. The Labute approximate surface area is 567 Å². The van der Waals surface area contributed by atoms with Crippen LogP contribution in [0, 0.1) is 17.8 Å². The van der Waals surface area contributed by atoms with Crippen LogP contribution in [0.4, 0.5) is 0 Å². The number of carbonyl (C=O) groups excluding carboxylic acids is 4. The summed E-state index contributed by atoms with van der Waals surface area (Å²) in [7, 11) is -9.92. The number of hydrogen-bond donors (Lipinski definition) is 3. The van der Waals surface area contributed by atoms with E-state index in [1.807, 2.05) is 0 Å². The van der Waals surface area contributed by atoms with Crippen LogP contribution in [-0.4, -0.2) is 96.7 Å². The van der Waals surface area contributed by atoms with Gasteiger partial charge >= 0.3 is 39.5 Å². The van der Waals surface area contributed by atoms with Crippen LogP contribution in [0.15, 0.2) is 24.3 Å². The lowest BCUT2D eigenvalue weighted by Gasteiger charge is -2.21. The Morgan fingerprint density at radius 2 is 0.634 bits per heavy atom. The van der Waals surface area contributed by atoms with Gasteiger partial charge in [-0.05, 0) is 69.1 Å². The van der Waals surface area contributed by atoms with Crippen molar-refractivity contribution >= 4 is 39.5 Å². The van der Waals surface area contributed by atoms with Crippen molar-refractivity contribution < 1.29 is 80.2 Å². The summed E-state index contributed by atoms with van der Waals surface area (Å²) in [5.74, 6) is 0.109. The van der Waals surface area contributed by atoms with Gasteiger partial charge in [0, 0.05) is 25.7 Å². The smallest absolute Gasteiger partial charge is 0.462 e. The van der Waals surface area contributed by atoms with Crippen molar-refractivity contribution in [3.05, 3.63) is 24.3 Å². The van der Waals surface area contributed by atoms with E-state index < -0.39 is 97.5 Å². The van der Waals surface area contributed by atoms with Crippen LogP contribution in [0.3, 0.4) is 0 Å². The fourth-order valence-corrected chi connectivity index (χ4v) is 12.3. The third-order valence-electron chi connectivity index (χ3n) is 16.9. The van der Waals surface area contributed by atoms with Crippen molar-refractivity contribution in [1.29, 1.82) is 0 Å². The molecule has 0 amide bonds. The molecule has 0 aliphatic carbocycles. The van der Waals surface area contributed by atoms with E-state index in [9.17, 15) is 43.2 Å². The molecule has 6 atom stereocenters. The lowest BCUT2D eigenvalue weighted by atomic mass is 10.00. The first-order chi connectivity index (χ1) is 44.8. The van der Waals surface area contributed by atoms with E-state index in [0.717, 1.165) is 127 Å². The minimum absolute atomic E-state index is 0.0845. The molecule has 3 N–H and O–H groups in total. The van der Waals surface area contributed by atoms with Gasteiger partial charge in [0.15, 0.2) is 12.2 Å². The lowest BCUT2D eigenvalue weighted by molar-refractivity contribution is -0.161. The first-order valence-corrected chi connectivity index (χ1v) is 40.7. The molecule has 17 nitrogen and oxygen atoms in total. The minimum atomic E-state index is -4.96. The molecule has 19 heteroatoms. The predicted octanol–water partition coefficient (Wildman–Crippen LogP) is 21.0. The third-order valence-corrected chi connectivity index (χ3v) is 18.8. The minimum Gasteiger partial charge on any atom is -0.462 e. The maximum absolute atomic E-state index is 13.1. The normalized spacial score (nSPS) is 14.6. The number of esters is 4. The van der Waals surface area contributed by atoms with Gasteiger partial charge < -0.3 is 33.8 Å². The number of phosphoric ester groups is 2. The molecule has 0 bridgehead atoms. The summed E-state index contributed by atoms with van der Waals surface area (Å²) in [6, 6.07) is 0. The molecule has 0 heterocycles. The molecular formula is C74H140O17P2. The second-order valence-corrected chi connectivity index (χ2v) is 30.1. The number of rotatable bonds is 70. The molecule has 0 radical (unpaired) electrons. The molecule has 548 valence electrons. The topological polar surface area (TPSA) is 237 Å². The molecule has 0 saturated heterocycles. The SMILES string of the molecule is CCCCCC/C=C\C=C/CCCCCCCC(=O)O[C@H](COC(=O)CCCCCCCCCCCCCC(C)C)COP(=O)(O)OC[C@@H](O)COP(=O)(O)OC[C@@H](COC(=O)CCCCCCCCC(C)CC)OC(=O)CCCCCCCCCCCCCC(C)C. The second-order valence-electron chi connectivity index (χ2n) is 27.2. The summed E-state index contributed by atoms with van der Waals surface area (Å²) in [6.45, 7) is 11.8. The number of aliphatic hydroxyl groups excluding tert-OH is 1. The Morgan fingerprint density at radius 3 is 0.957 bits per heavy atom. The van der Waals surface area contributed by atoms with Crippen LogP contribution in [0.5, 0.6) is 0 Å². The van der Waals surface area contributed by atoms with Crippen LogP contribution >= 0.6 is 15.6 Å². The van der Waals surface area contributed by atoms with Crippen molar-refractivity contribution in [2.45, 2.75) is 369 Å². The number of phosphoric acid groups is 2. The molecule has 0 aromatic carbocycles. The monoisotopic (exact) mass is 1360 g/mol. The molecule has 0 rings (SSSR count). The largest absolute Gasteiger partial charge is 0.472 e. The fraction of sp³-hybridized carbons (Fsp3) is 0.892. The highest BCUT2D eigenvalue weighted by molar-refractivity contribution is 7.47. The van der Waals surface area contributed by atoms with Gasteiger partial charge in [-0.2, -0.15) is 0 Å². The second kappa shape index (κ2) is 64.2. The summed E-state index contributed by atoms with van der Waals surface area (Å²) < 4.78 is 68.4. The zero-order chi connectivity index (χ0) is 68.7. The van der Waals surface area contributed by atoms with E-state index in [-0.39, 0.29) is 25.7 Å². The average Bonchev–Trinajstić information content (AvgIpc) is 2.53. The maximum Gasteiger partial charge on any atom is 0.472 e. The maximum atomic E-state index is 13.1. The van der Waals surface area contributed by atoms with Gasteiger partial charge in [-0.15, -0.1) is 0 Å². The molecule has 0 saturated carbocycles. The number of hydrogen-bond acceptors (Lipinski definition) is 15. The number of aliphatic hydroxyl groups is 1. The zero-order valence-electron chi connectivity index (χ0n) is 60.2. The van der Waals surface area contributed by atoms with Crippen molar-refractivity contribution in [1.82, 2.24) is 0 Å². The Kier molecular flexibility index (Phi) is 62.5. The standard InChI is InChI=1S/C74H140O17P2/c1-8-10-11-12-13-14-15-16-17-18-23-29-34-43-50-57-73(78)90-69(61-84-71(76)55-48-41-33-28-24-19-21-26-31-38-45-52-65(3)4)63-88-92(80,81)86-59-68(75)60-87-93(82,83)89-64-70(62-85-72(77)56-49-42-37-36-40-47-54-67(7)9-2)91-74(79)58-51-44-35-30-25-20-22-27-32-39-46-53-66(5)6/h14-17,65-70,75H,8-13,18-64H2,1-7H3,(H,80,81)(H,82,83)/b15-14-,17-16-/t67?,68-,69-,70-/m1/s1. The first kappa shape index (κ1) is 90.5. The number of carbonyl (C=O) groups is 4. The number of ether oxygens (including phenoxy) is 4. The van der Waals surface area contributed by atoms with Gasteiger partial charge in [0.25, 0.3) is 0 Å². The molecule has 0 spiro atoms. The molecule has 0 aromatic heterocycles. The quantitative estimate of drug-likeness (QED) is 0.0169. The van der Waals surface area contributed by atoms with Crippen LogP contribution in [-0.2, 0) is 65.4 Å². The Hall–Kier alpha value is -2.46. The van der Waals surface area contributed by atoms with Gasteiger partial charge in [-0.1, -0.05) is 297 Å². The van der Waals surface area contributed by atoms with E-state index in [1.165, 1.54) is 141 Å².